The predicted octanol–water partition coefficient (Wildman–Crippen LogP) is 3.02. The number of nitrogens with zero attached hydrogens (tertiary/aromatic N) is 1. The molecule has 0 unspecified atom stereocenters. The molecule has 1 aromatic rings. The van der Waals surface area contributed by atoms with Crippen molar-refractivity contribution in [1.29, 1.82) is 0 Å². The molecule has 0 spiro atoms. The molecule has 2 rings (SSSR count). The number of thioether (sulfide) groups is 1. The third kappa shape index (κ3) is 5.40. The first-order valence-electron chi connectivity index (χ1n) is 7.99. The summed E-state index contributed by atoms with van der Waals surface area (Å²) >= 11 is 1.69. The van der Waals surface area contributed by atoms with Gasteiger partial charge in [0.2, 0.25) is 0 Å². The molecule has 0 bridgehead atoms. The average molecular weight is 316 g/mol. The Hall–Kier alpha value is -1.44. The molecule has 1 N–H and O–H groups in total. The van der Waals surface area contributed by atoms with Crippen molar-refractivity contribution < 1.29 is 4.79 Å². The van der Waals surface area contributed by atoms with Crippen LogP contribution in [0, 0.1) is 11.8 Å². The van der Waals surface area contributed by atoms with Gasteiger partial charge in [0.1, 0.15) is 0 Å². The molecule has 1 heterocycles. The lowest BCUT2D eigenvalue weighted by atomic mass is 10.1. The zero-order valence-corrected chi connectivity index (χ0v) is 14.0. The molecule has 0 aliphatic carbocycles. The van der Waals surface area contributed by atoms with Crippen LogP contribution < -0.4 is 5.32 Å². The van der Waals surface area contributed by atoms with Gasteiger partial charge in [-0.05, 0) is 43.8 Å². The summed E-state index contributed by atoms with van der Waals surface area (Å²) in [5.41, 5.74) is 0.743. The van der Waals surface area contributed by atoms with Gasteiger partial charge in [-0.25, -0.2) is 0 Å². The Bertz CT molecular complexity index is 542. The molecule has 1 aliphatic heterocycles. The molecular formula is C18H24N2OS. The van der Waals surface area contributed by atoms with Gasteiger partial charge in [-0.15, -0.1) is 11.8 Å². The second-order valence-electron chi connectivity index (χ2n) is 5.30. The number of rotatable bonds is 5. The van der Waals surface area contributed by atoms with E-state index < -0.39 is 0 Å². The molecule has 22 heavy (non-hydrogen) atoms. The lowest BCUT2D eigenvalue weighted by Crippen LogP contribution is -2.30. The van der Waals surface area contributed by atoms with Gasteiger partial charge in [0.05, 0.1) is 18.7 Å². The van der Waals surface area contributed by atoms with Crippen molar-refractivity contribution in [3.05, 3.63) is 29.8 Å². The van der Waals surface area contributed by atoms with Gasteiger partial charge in [0.25, 0.3) is 5.91 Å². The standard InChI is InChI=1S/C18H24N2OS/c1-2-22-17-11-5-4-10-16(17)18(21)19-12-6-9-15-20-13-7-3-8-14-20/h4-5,10-11H,2-3,7-8,12-15H2,1H3,(H,19,21). The number of hydrogen-bond acceptors (Lipinski definition) is 3. The van der Waals surface area contributed by atoms with Crippen molar-refractivity contribution in [2.45, 2.75) is 31.1 Å². The molecule has 1 amide bonds. The zero-order valence-electron chi connectivity index (χ0n) is 13.2. The molecule has 4 heteroatoms. The molecule has 0 radical (unpaired) electrons. The van der Waals surface area contributed by atoms with Gasteiger partial charge in [-0.3, -0.25) is 9.69 Å². The minimum Gasteiger partial charge on any atom is -0.341 e. The summed E-state index contributed by atoms with van der Waals surface area (Å²) < 4.78 is 0. The number of likely N-dealkylation sites (tertiary alicyclic amines) is 1. The summed E-state index contributed by atoms with van der Waals surface area (Å²) in [6.07, 6.45) is 3.91. The van der Waals surface area contributed by atoms with E-state index in [9.17, 15) is 4.79 Å². The molecular weight excluding hydrogens is 292 g/mol. The van der Waals surface area contributed by atoms with Crippen LogP contribution in [-0.4, -0.2) is 42.7 Å². The van der Waals surface area contributed by atoms with E-state index in [0.717, 1.165) is 35.8 Å². The van der Waals surface area contributed by atoms with Crippen molar-refractivity contribution >= 4 is 17.7 Å². The Kier molecular flexibility index (Phi) is 7.35. The van der Waals surface area contributed by atoms with E-state index in [-0.39, 0.29) is 5.91 Å². The second kappa shape index (κ2) is 9.55. The van der Waals surface area contributed by atoms with Gasteiger partial charge in [-0.2, -0.15) is 0 Å². The van der Waals surface area contributed by atoms with E-state index in [4.69, 9.17) is 0 Å². The summed E-state index contributed by atoms with van der Waals surface area (Å²) in [6, 6.07) is 7.73. The molecule has 1 fully saturated rings. The van der Waals surface area contributed by atoms with Gasteiger partial charge >= 0.3 is 0 Å². The Morgan fingerprint density at radius 3 is 2.77 bits per heavy atom. The maximum Gasteiger partial charge on any atom is 0.253 e. The molecule has 0 aromatic heterocycles. The largest absolute Gasteiger partial charge is 0.341 e. The Morgan fingerprint density at radius 1 is 1.23 bits per heavy atom. The number of amides is 1. The number of nitrogens with one attached hydrogen (secondary N) is 1. The average Bonchev–Trinajstić information content (AvgIpc) is 2.56. The van der Waals surface area contributed by atoms with Crippen molar-refractivity contribution in [2.75, 3.05) is 31.9 Å². The second-order valence-corrected chi connectivity index (χ2v) is 6.61. The minimum atomic E-state index is -0.0381. The maximum absolute atomic E-state index is 12.2. The summed E-state index contributed by atoms with van der Waals surface area (Å²) in [5, 5.41) is 2.89. The van der Waals surface area contributed by atoms with E-state index in [1.165, 1.54) is 19.3 Å². The van der Waals surface area contributed by atoms with Crippen molar-refractivity contribution in [3.8, 4) is 11.8 Å². The normalized spacial score (nSPS) is 15.0. The number of piperidine rings is 1. The number of hydrogen-bond donors (Lipinski definition) is 1. The van der Waals surface area contributed by atoms with Crippen LogP contribution in [0.25, 0.3) is 0 Å². The molecule has 0 atom stereocenters. The minimum absolute atomic E-state index is 0.0381. The van der Waals surface area contributed by atoms with Crippen LogP contribution in [0.4, 0.5) is 0 Å². The molecule has 0 saturated carbocycles. The van der Waals surface area contributed by atoms with Crippen molar-refractivity contribution in [2.24, 2.45) is 0 Å². The predicted molar refractivity (Wildman–Crippen MR) is 93.2 cm³/mol. The van der Waals surface area contributed by atoms with Crippen LogP contribution in [0.1, 0.15) is 36.5 Å². The van der Waals surface area contributed by atoms with Gasteiger partial charge in [0.15, 0.2) is 0 Å². The van der Waals surface area contributed by atoms with Crippen LogP contribution in [0.5, 0.6) is 0 Å². The smallest absolute Gasteiger partial charge is 0.253 e. The number of carbonyl (C=O) groups is 1. The van der Waals surface area contributed by atoms with E-state index in [1.807, 2.05) is 24.3 Å². The Morgan fingerprint density at radius 2 is 2.00 bits per heavy atom. The van der Waals surface area contributed by atoms with Crippen LogP contribution in [0.2, 0.25) is 0 Å². The monoisotopic (exact) mass is 316 g/mol. The van der Waals surface area contributed by atoms with Crippen LogP contribution in [0.3, 0.4) is 0 Å². The topological polar surface area (TPSA) is 32.3 Å². The third-order valence-electron chi connectivity index (χ3n) is 3.65. The fourth-order valence-corrected chi connectivity index (χ4v) is 3.31. The first-order chi connectivity index (χ1) is 10.8. The van der Waals surface area contributed by atoms with Crippen LogP contribution >= 0.6 is 11.8 Å². The number of carbonyl (C=O) groups excluding carboxylic acids is 1. The van der Waals surface area contributed by atoms with Gasteiger partial charge < -0.3 is 5.32 Å². The highest BCUT2D eigenvalue weighted by Crippen LogP contribution is 2.21. The Labute approximate surface area is 137 Å². The highest BCUT2D eigenvalue weighted by molar-refractivity contribution is 7.99. The highest BCUT2D eigenvalue weighted by atomic mass is 32.2. The number of benzene rings is 1. The van der Waals surface area contributed by atoms with Gasteiger partial charge in [0, 0.05) is 4.90 Å². The Balaban J connectivity index is 1.78. The van der Waals surface area contributed by atoms with E-state index in [0.29, 0.717) is 6.54 Å². The summed E-state index contributed by atoms with van der Waals surface area (Å²) in [4.78, 5) is 15.6. The summed E-state index contributed by atoms with van der Waals surface area (Å²) in [5.74, 6) is 7.13. The zero-order chi connectivity index (χ0) is 15.6. The first kappa shape index (κ1) is 16.9. The third-order valence-corrected chi connectivity index (χ3v) is 4.60. The molecule has 1 saturated heterocycles. The van der Waals surface area contributed by atoms with Crippen LogP contribution in [-0.2, 0) is 0 Å². The van der Waals surface area contributed by atoms with E-state index in [2.05, 4.69) is 29.0 Å². The molecule has 1 aromatic carbocycles. The van der Waals surface area contributed by atoms with E-state index in [1.54, 1.807) is 11.8 Å². The quantitative estimate of drug-likeness (QED) is 0.669. The molecule has 1 aliphatic rings. The lowest BCUT2D eigenvalue weighted by Gasteiger charge is -2.23. The fraction of sp³-hybridized carbons (Fsp3) is 0.500. The summed E-state index contributed by atoms with van der Waals surface area (Å²) in [7, 11) is 0. The van der Waals surface area contributed by atoms with Gasteiger partial charge in [-0.1, -0.05) is 37.3 Å². The van der Waals surface area contributed by atoms with E-state index >= 15 is 0 Å². The fourth-order valence-electron chi connectivity index (χ4n) is 2.50. The SMILES string of the molecule is CCSc1ccccc1C(=O)NCC#CCN1CCCCC1. The van der Waals surface area contributed by atoms with Crippen molar-refractivity contribution in [3.63, 3.8) is 0 Å². The summed E-state index contributed by atoms with van der Waals surface area (Å²) in [6.45, 7) is 5.63. The maximum atomic E-state index is 12.2. The highest BCUT2D eigenvalue weighted by Gasteiger charge is 2.10. The lowest BCUT2D eigenvalue weighted by molar-refractivity contribution is 0.0956. The molecule has 118 valence electrons. The van der Waals surface area contributed by atoms with Crippen LogP contribution in [0.15, 0.2) is 29.2 Å². The molecule has 3 nitrogen and oxygen atoms in total. The van der Waals surface area contributed by atoms with Crippen molar-refractivity contribution in [1.82, 2.24) is 10.2 Å². The first-order valence-corrected chi connectivity index (χ1v) is 8.98.